The van der Waals surface area contributed by atoms with Gasteiger partial charge in [-0.3, -0.25) is 9.78 Å². The lowest BCUT2D eigenvalue weighted by Gasteiger charge is -2.11. The summed E-state index contributed by atoms with van der Waals surface area (Å²) in [6.45, 7) is 1.77. The molecule has 0 spiro atoms. The lowest BCUT2D eigenvalue weighted by Crippen LogP contribution is -2.23. The molecule has 0 fully saturated rings. The van der Waals surface area contributed by atoms with Crippen LogP contribution < -0.4 is 11.2 Å². The lowest BCUT2D eigenvalue weighted by molar-refractivity contribution is -0.115. The molecule has 0 aliphatic heterocycles. The average Bonchev–Trinajstić information content (AvgIpc) is 2.98. The third-order valence-electron chi connectivity index (χ3n) is 3.35. The molecule has 0 unspecified atom stereocenters. The molecule has 3 rings (SSSR count). The second-order valence-corrected chi connectivity index (χ2v) is 6.92. The van der Waals surface area contributed by atoms with Gasteiger partial charge in [-0.2, -0.15) is 0 Å². The summed E-state index contributed by atoms with van der Waals surface area (Å²) in [6, 6.07) is 10.5. The average molecular weight is 375 g/mol. The quantitative estimate of drug-likeness (QED) is 0.526. The van der Waals surface area contributed by atoms with Crippen molar-refractivity contribution in [1.29, 1.82) is 0 Å². The number of aromatic nitrogens is 4. The molecule has 1 aromatic carbocycles. The first-order valence-corrected chi connectivity index (χ1v) is 8.64. The van der Waals surface area contributed by atoms with Gasteiger partial charge < -0.3 is 11.2 Å². The number of carbonyl (C=O) groups is 1. The van der Waals surface area contributed by atoms with E-state index < -0.39 is 5.25 Å². The molecule has 0 aliphatic rings. The second-order valence-electron chi connectivity index (χ2n) is 5.17. The number of rotatable bonds is 5. The molecule has 0 radical (unpaired) electrons. The summed E-state index contributed by atoms with van der Waals surface area (Å²) in [4.78, 5) is 16.4. The van der Waals surface area contributed by atoms with Crippen molar-refractivity contribution in [2.24, 2.45) is 0 Å². The molecule has 1 amide bonds. The summed E-state index contributed by atoms with van der Waals surface area (Å²) in [6.07, 6.45) is 3.32. The number of nitrogens with zero attached hydrogens (tertiary/aromatic N) is 4. The zero-order chi connectivity index (χ0) is 17.8. The van der Waals surface area contributed by atoms with Crippen molar-refractivity contribution in [3.05, 3.63) is 53.8 Å². The predicted molar refractivity (Wildman–Crippen MR) is 98.8 cm³/mol. The Balaban J connectivity index is 1.68. The van der Waals surface area contributed by atoms with Crippen molar-refractivity contribution in [3.8, 4) is 11.4 Å². The molecule has 0 saturated heterocycles. The first-order valence-electron chi connectivity index (χ1n) is 7.38. The first kappa shape index (κ1) is 17.2. The molecule has 1 atom stereocenters. The van der Waals surface area contributed by atoms with Crippen LogP contribution in [-0.4, -0.2) is 31.0 Å². The molecule has 128 valence electrons. The fourth-order valence-corrected chi connectivity index (χ4v) is 2.93. The van der Waals surface area contributed by atoms with E-state index in [4.69, 9.17) is 17.4 Å². The largest absolute Gasteiger partial charge is 0.335 e. The highest BCUT2D eigenvalue weighted by Crippen LogP contribution is 2.25. The number of hydrogen-bond acceptors (Lipinski definition) is 6. The molecular formula is C16H15ClN6OS. The van der Waals surface area contributed by atoms with Crippen LogP contribution in [-0.2, 0) is 4.79 Å². The van der Waals surface area contributed by atoms with Crippen molar-refractivity contribution < 1.29 is 4.79 Å². The van der Waals surface area contributed by atoms with Crippen LogP contribution in [0.15, 0.2) is 53.9 Å². The lowest BCUT2D eigenvalue weighted by atomic mass is 10.3. The molecule has 2 aromatic heterocycles. The van der Waals surface area contributed by atoms with Gasteiger partial charge in [0.1, 0.15) is 0 Å². The van der Waals surface area contributed by atoms with Crippen LogP contribution in [0.4, 0.5) is 5.69 Å². The third kappa shape index (κ3) is 4.09. The highest BCUT2D eigenvalue weighted by molar-refractivity contribution is 8.00. The van der Waals surface area contributed by atoms with Gasteiger partial charge in [0, 0.05) is 28.7 Å². The molecule has 9 heteroatoms. The number of carbonyl (C=O) groups excluding carboxylic acids is 1. The Morgan fingerprint density at radius 1 is 1.28 bits per heavy atom. The van der Waals surface area contributed by atoms with E-state index in [-0.39, 0.29) is 5.91 Å². The van der Waals surface area contributed by atoms with Crippen molar-refractivity contribution in [2.45, 2.75) is 17.3 Å². The van der Waals surface area contributed by atoms with Gasteiger partial charge in [-0.05, 0) is 43.3 Å². The third-order valence-corrected chi connectivity index (χ3v) is 4.66. The van der Waals surface area contributed by atoms with E-state index in [1.807, 2.05) is 6.07 Å². The number of benzene rings is 1. The minimum absolute atomic E-state index is 0.168. The van der Waals surface area contributed by atoms with Crippen LogP contribution >= 0.6 is 23.4 Å². The van der Waals surface area contributed by atoms with Gasteiger partial charge in [0.05, 0.1) is 5.25 Å². The molecule has 7 nitrogen and oxygen atoms in total. The number of pyridine rings is 1. The Morgan fingerprint density at radius 2 is 2.04 bits per heavy atom. The van der Waals surface area contributed by atoms with E-state index in [9.17, 15) is 4.79 Å². The number of amides is 1. The summed E-state index contributed by atoms with van der Waals surface area (Å²) in [5.74, 6) is 6.37. The van der Waals surface area contributed by atoms with Gasteiger partial charge in [0.15, 0.2) is 5.82 Å². The number of hydrogen-bond donors (Lipinski definition) is 2. The maximum absolute atomic E-state index is 12.3. The monoisotopic (exact) mass is 374 g/mol. The van der Waals surface area contributed by atoms with Crippen LogP contribution in [0.1, 0.15) is 6.92 Å². The Bertz CT molecular complexity index is 868. The molecular weight excluding hydrogens is 360 g/mol. The maximum atomic E-state index is 12.3. The molecule has 3 N–H and O–H groups in total. The fourth-order valence-electron chi connectivity index (χ4n) is 2.04. The summed E-state index contributed by atoms with van der Waals surface area (Å²) in [7, 11) is 0. The SMILES string of the molecule is C[C@H](Sc1nnc(-c2cccnc2)n1N)C(=O)Nc1ccc(Cl)cc1. The Morgan fingerprint density at radius 3 is 2.72 bits per heavy atom. The number of thioether (sulfide) groups is 1. The molecule has 0 bridgehead atoms. The highest BCUT2D eigenvalue weighted by atomic mass is 35.5. The van der Waals surface area contributed by atoms with Gasteiger partial charge >= 0.3 is 0 Å². The minimum Gasteiger partial charge on any atom is -0.335 e. The van der Waals surface area contributed by atoms with Crippen molar-refractivity contribution >= 4 is 35.0 Å². The first-order chi connectivity index (χ1) is 12.0. The minimum atomic E-state index is -0.413. The predicted octanol–water partition coefficient (Wildman–Crippen LogP) is 2.83. The second kappa shape index (κ2) is 7.54. The van der Waals surface area contributed by atoms with Crippen LogP contribution in [0.25, 0.3) is 11.4 Å². The summed E-state index contributed by atoms with van der Waals surface area (Å²) >= 11 is 7.06. The van der Waals surface area contributed by atoms with E-state index in [0.29, 0.717) is 21.7 Å². The standard InChI is InChI=1S/C16H15ClN6OS/c1-10(15(24)20-13-6-4-12(17)5-7-13)25-16-22-21-14(23(16)18)11-3-2-8-19-9-11/h2-10H,18H2,1H3,(H,20,24)/t10-/m0/s1. The van der Waals surface area contributed by atoms with E-state index in [0.717, 1.165) is 5.56 Å². The van der Waals surface area contributed by atoms with Gasteiger partial charge in [0.25, 0.3) is 0 Å². The number of nitrogen functional groups attached to an aromatic ring is 1. The van der Waals surface area contributed by atoms with Crippen LogP contribution in [0, 0.1) is 0 Å². The number of halogens is 1. The van der Waals surface area contributed by atoms with Gasteiger partial charge in [0.2, 0.25) is 11.1 Å². The van der Waals surface area contributed by atoms with E-state index in [2.05, 4.69) is 20.5 Å². The van der Waals surface area contributed by atoms with Gasteiger partial charge in [-0.25, -0.2) is 4.68 Å². The van der Waals surface area contributed by atoms with Gasteiger partial charge in [-0.15, -0.1) is 10.2 Å². The Kier molecular flexibility index (Phi) is 5.20. The Hall–Kier alpha value is -2.58. The number of anilines is 1. The molecule has 2 heterocycles. The maximum Gasteiger partial charge on any atom is 0.237 e. The topological polar surface area (TPSA) is 98.7 Å². The summed E-state index contributed by atoms with van der Waals surface area (Å²) < 4.78 is 1.35. The molecule has 0 saturated carbocycles. The Labute approximate surface area is 153 Å². The van der Waals surface area contributed by atoms with Crippen molar-refractivity contribution in [2.75, 3.05) is 11.2 Å². The normalized spacial score (nSPS) is 11.9. The highest BCUT2D eigenvalue weighted by Gasteiger charge is 2.20. The number of nitrogens with two attached hydrogens (primary N) is 1. The number of nitrogens with one attached hydrogen (secondary N) is 1. The van der Waals surface area contributed by atoms with E-state index >= 15 is 0 Å². The van der Waals surface area contributed by atoms with E-state index in [1.54, 1.807) is 49.6 Å². The molecule has 3 aromatic rings. The van der Waals surface area contributed by atoms with E-state index in [1.165, 1.54) is 16.4 Å². The summed E-state index contributed by atoms with van der Waals surface area (Å²) in [5.41, 5.74) is 1.43. The van der Waals surface area contributed by atoms with Crippen LogP contribution in [0.5, 0.6) is 0 Å². The summed E-state index contributed by atoms with van der Waals surface area (Å²) in [5, 5.41) is 11.6. The van der Waals surface area contributed by atoms with Crippen molar-refractivity contribution in [1.82, 2.24) is 19.9 Å². The smallest absolute Gasteiger partial charge is 0.237 e. The van der Waals surface area contributed by atoms with Crippen LogP contribution in [0.2, 0.25) is 5.02 Å². The van der Waals surface area contributed by atoms with Crippen molar-refractivity contribution in [3.63, 3.8) is 0 Å². The van der Waals surface area contributed by atoms with Gasteiger partial charge in [-0.1, -0.05) is 23.4 Å². The van der Waals surface area contributed by atoms with Crippen LogP contribution in [0.3, 0.4) is 0 Å². The fraction of sp³-hybridized carbons (Fsp3) is 0.125. The zero-order valence-corrected chi connectivity index (χ0v) is 14.8. The zero-order valence-electron chi connectivity index (χ0n) is 13.3. The molecule has 25 heavy (non-hydrogen) atoms. The molecule has 0 aliphatic carbocycles.